The van der Waals surface area contributed by atoms with E-state index in [1.807, 2.05) is 12.1 Å². The van der Waals surface area contributed by atoms with E-state index >= 15 is 0 Å². The van der Waals surface area contributed by atoms with Gasteiger partial charge in [0.15, 0.2) is 0 Å². The number of aromatic nitrogens is 1. The molecule has 1 amide bonds. The standard InChI is InChI=1S/C22H13Cl2N3O3/c23-18-9-8-13(10-19(18)24)21-12-17(16-6-1-2-7-20(16)26-21)22(28)25-14-4-3-5-15(11-14)27(29)30/h1-12H,(H,25,28). The second kappa shape index (κ2) is 8.10. The number of hydrogen-bond donors (Lipinski definition) is 1. The third-order valence-corrected chi connectivity index (χ3v) is 5.23. The van der Waals surface area contributed by atoms with Crippen molar-refractivity contribution in [1.29, 1.82) is 0 Å². The van der Waals surface area contributed by atoms with E-state index in [4.69, 9.17) is 23.2 Å². The number of pyridine rings is 1. The first kappa shape index (κ1) is 19.8. The van der Waals surface area contributed by atoms with Crippen LogP contribution in [0.4, 0.5) is 11.4 Å². The van der Waals surface area contributed by atoms with Gasteiger partial charge in [0, 0.05) is 28.8 Å². The lowest BCUT2D eigenvalue weighted by atomic mass is 10.0. The molecule has 30 heavy (non-hydrogen) atoms. The Morgan fingerprint density at radius 1 is 0.933 bits per heavy atom. The number of nitro groups is 1. The fourth-order valence-electron chi connectivity index (χ4n) is 3.06. The quantitative estimate of drug-likeness (QED) is 0.296. The van der Waals surface area contributed by atoms with Crippen molar-refractivity contribution in [2.24, 2.45) is 0 Å². The highest BCUT2D eigenvalue weighted by atomic mass is 35.5. The van der Waals surface area contributed by atoms with E-state index in [2.05, 4.69) is 10.3 Å². The molecular formula is C22H13Cl2N3O3. The molecule has 0 atom stereocenters. The summed E-state index contributed by atoms with van der Waals surface area (Å²) in [6.07, 6.45) is 0. The highest BCUT2D eigenvalue weighted by Crippen LogP contribution is 2.30. The van der Waals surface area contributed by atoms with Crippen molar-refractivity contribution >= 4 is 51.4 Å². The molecule has 0 unspecified atom stereocenters. The van der Waals surface area contributed by atoms with Gasteiger partial charge in [0.2, 0.25) is 0 Å². The first-order valence-electron chi connectivity index (χ1n) is 8.83. The van der Waals surface area contributed by atoms with Gasteiger partial charge in [-0.15, -0.1) is 0 Å². The number of fused-ring (bicyclic) bond motifs is 1. The minimum atomic E-state index is -0.514. The van der Waals surface area contributed by atoms with E-state index in [1.54, 1.807) is 42.5 Å². The van der Waals surface area contributed by atoms with E-state index in [1.165, 1.54) is 18.2 Å². The predicted octanol–water partition coefficient (Wildman–Crippen LogP) is 6.37. The maximum atomic E-state index is 13.1. The number of para-hydroxylation sites is 1. The molecule has 4 aromatic rings. The molecular weight excluding hydrogens is 425 g/mol. The van der Waals surface area contributed by atoms with Gasteiger partial charge in [-0.05, 0) is 30.3 Å². The molecule has 0 saturated carbocycles. The van der Waals surface area contributed by atoms with Crippen molar-refractivity contribution in [2.45, 2.75) is 0 Å². The molecule has 0 spiro atoms. The molecule has 148 valence electrons. The first-order chi connectivity index (χ1) is 14.4. The fraction of sp³-hybridized carbons (Fsp3) is 0. The van der Waals surface area contributed by atoms with Gasteiger partial charge in [0.05, 0.1) is 31.7 Å². The number of nitrogens with one attached hydrogen (secondary N) is 1. The van der Waals surface area contributed by atoms with Crippen molar-refractivity contribution in [1.82, 2.24) is 4.98 Å². The van der Waals surface area contributed by atoms with Crippen LogP contribution in [-0.4, -0.2) is 15.8 Å². The van der Waals surface area contributed by atoms with Crippen LogP contribution in [0, 0.1) is 10.1 Å². The van der Waals surface area contributed by atoms with Gasteiger partial charge in [0.25, 0.3) is 11.6 Å². The maximum Gasteiger partial charge on any atom is 0.271 e. The van der Waals surface area contributed by atoms with Crippen LogP contribution in [0.1, 0.15) is 10.4 Å². The highest BCUT2D eigenvalue weighted by molar-refractivity contribution is 6.42. The molecule has 1 N–H and O–H groups in total. The summed E-state index contributed by atoms with van der Waals surface area (Å²) in [7, 11) is 0. The second-order valence-electron chi connectivity index (χ2n) is 6.46. The van der Waals surface area contributed by atoms with Crippen LogP contribution in [-0.2, 0) is 0 Å². The number of nitrogens with zero attached hydrogens (tertiary/aromatic N) is 2. The molecule has 0 aliphatic rings. The van der Waals surface area contributed by atoms with Gasteiger partial charge in [-0.25, -0.2) is 4.98 Å². The summed E-state index contributed by atoms with van der Waals surface area (Å²) in [6, 6.07) is 19.8. The zero-order valence-corrected chi connectivity index (χ0v) is 16.8. The summed E-state index contributed by atoms with van der Waals surface area (Å²) in [5.74, 6) is -0.407. The predicted molar refractivity (Wildman–Crippen MR) is 118 cm³/mol. The number of rotatable bonds is 4. The van der Waals surface area contributed by atoms with Gasteiger partial charge in [-0.3, -0.25) is 14.9 Å². The van der Waals surface area contributed by atoms with Gasteiger partial charge < -0.3 is 5.32 Å². The molecule has 4 rings (SSSR count). The van der Waals surface area contributed by atoms with Crippen LogP contribution in [0.3, 0.4) is 0 Å². The molecule has 0 radical (unpaired) electrons. The summed E-state index contributed by atoms with van der Waals surface area (Å²) in [4.78, 5) is 28.2. The number of amides is 1. The lowest BCUT2D eigenvalue weighted by molar-refractivity contribution is -0.384. The van der Waals surface area contributed by atoms with Crippen molar-refractivity contribution in [3.05, 3.63) is 98.5 Å². The van der Waals surface area contributed by atoms with Crippen molar-refractivity contribution in [2.75, 3.05) is 5.32 Å². The summed E-state index contributed by atoms with van der Waals surface area (Å²) < 4.78 is 0. The van der Waals surface area contributed by atoms with Crippen LogP contribution < -0.4 is 5.32 Å². The van der Waals surface area contributed by atoms with E-state index in [0.29, 0.717) is 43.5 Å². The zero-order chi connectivity index (χ0) is 21.3. The number of carbonyl (C=O) groups is 1. The molecule has 3 aromatic carbocycles. The fourth-order valence-corrected chi connectivity index (χ4v) is 3.36. The number of benzene rings is 3. The Morgan fingerprint density at radius 2 is 1.73 bits per heavy atom. The third-order valence-electron chi connectivity index (χ3n) is 4.49. The molecule has 0 fully saturated rings. The smallest absolute Gasteiger partial charge is 0.271 e. The average molecular weight is 438 g/mol. The number of anilines is 1. The highest BCUT2D eigenvalue weighted by Gasteiger charge is 2.16. The van der Waals surface area contributed by atoms with Crippen molar-refractivity contribution in [3.63, 3.8) is 0 Å². The molecule has 1 aromatic heterocycles. The van der Waals surface area contributed by atoms with Gasteiger partial charge >= 0.3 is 0 Å². The number of non-ortho nitro benzene ring substituents is 1. The molecule has 8 heteroatoms. The van der Waals surface area contributed by atoms with Crippen molar-refractivity contribution in [3.8, 4) is 11.3 Å². The second-order valence-corrected chi connectivity index (χ2v) is 7.28. The van der Waals surface area contributed by atoms with Crippen LogP contribution in [0.25, 0.3) is 22.2 Å². The number of halogens is 2. The summed E-state index contributed by atoms with van der Waals surface area (Å²) in [6.45, 7) is 0. The lowest BCUT2D eigenvalue weighted by Gasteiger charge is -2.11. The Morgan fingerprint density at radius 3 is 2.50 bits per heavy atom. The number of nitro benzene ring substituents is 1. The van der Waals surface area contributed by atoms with Crippen LogP contribution in [0.2, 0.25) is 10.0 Å². The Balaban J connectivity index is 1.79. The minimum absolute atomic E-state index is 0.108. The first-order valence-corrected chi connectivity index (χ1v) is 9.59. The topological polar surface area (TPSA) is 85.1 Å². The summed E-state index contributed by atoms with van der Waals surface area (Å²) >= 11 is 12.1. The molecule has 0 aliphatic carbocycles. The SMILES string of the molecule is O=C(Nc1cccc([N+](=O)[O-])c1)c1cc(-c2ccc(Cl)c(Cl)c2)nc2ccccc12. The van der Waals surface area contributed by atoms with E-state index in [-0.39, 0.29) is 5.69 Å². The van der Waals surface area contributed by atoms with E-state index in [9.17, 15) is 14.9 Å². The van der Waals surface area contributed by atoms with Gasteiger partial charge in [0.1, 0.15) is 0 Å². The van der Waals surface area contributed by atoms with Crippen LogP contribution in [0.15, 0.2) is 72.8 Å². The van der Waals surface area contributed by atoms with E-state index in [0.717, 1.165) is 0 Å². The lowest BCUT2D eigenvalue weighted by Crippen LogP contribution is -2.13. The van der Waals surface area contributed by atoms with Crippen molar-refractivity contribution < 1.29 is 9.72 Å². The average Bonchev–Trinajstić information content (AvgIpc) is 2.75. The molecule has 1 heterocycles. The molecule has 0 saturated heterocycles. The van der Waals surface area contributed by atoms with Crippen LogP contribution in [0.5, 0.6) is 0 Å². The van der Waals surface area contributed by atoms with E-state index < -0.39 is 10.8 Å². The maximum absolute atomic E-state index is 13.1. The minimum Gasteiger partial charge on any atom is -0.322 e. The normalized spacial score (nSPS) is 10.7. The van der Waals surface area contributed by atoms with Gasteiger partial charge in [-0.2, -0.15) is 0 Å². The molecule has 0 bridgehead atoms. The molecule has 0 aliphatic heterocycles. The Hall–Kier alpha value is -3.48. The summed E-state index contributed by atoms with van der Waals surface area (Å²) in [5.41, 5.74) is 2.49. The zero-order valence-electron chi connectivity index (χ0n) is 15.3. The van der Waals surface area contributed by atoms with Gasteiger partial charge in [-0.1, -0.05) is 53.5 Å². The number of carbonyl (C=O) groups excluding carboxylic acids is 1. The molecule has 6 nitrogen and oxygen atoms in total. The Labute approximate surface area is 181 Å². The largest absolute Gasteiger partial charge is 0.322 e. The third kappa shape index (κ3) is 3.96. The summed E-state index contributed by atoms with van der Waals surface area (Å²) in [5, 5.41) is 15.2. The Kier molecular flexibility index (Phi) is 5.35. The van der Waals surface area contributed by atoms with Crippen LogP contribution >= 0.6 is 23.2 Å². The monoisotopic (exact) mass is 437 g/mol. The number of hydrogen-bond acceptors (Lipinski definition) is 4. The Bertz CT molecular complexity index is 1310.